The van der Waals surface area contributed by atoms with Crippen LogP contribution in [0, 0.1) is 16.7 Å². The predicted octanol–water partition coefficient (Wildman–Crippen LogP) is 8.33. The van der Waals surface area contributed by atoms with Crippen molar-refractivity contribution < 1.29 is 9.59 Å². The Morgan fingerprint density at radius 1 is 0.870 bits per heavy atom. The molecule has 0 radical (unpaired) electrons. The lowest BCUT2D eigenvalue weighted by atomic mass is 9.60. The maximum Gasteiger partial charge on any atom is 0.253 e. The van der Waals surface area contributed by atoms with Crippen LogP contribution in [0.2, 0.25) is 0 Å². The molecular weight excluding hydrogens is 689 g/mol. The van der Waals surface area contributed by atoms with Gasteiger partial charge >= 0.3 is 0 Å². The van der Waals surface area contributed by atoms with Crippen LogP contribution in [0.3, 0.4) is 0 Å². The summed E-state index contributed by atoms with van der Waals surface area (Å²) in [7, 11) is 0. The average molecular weight is 723 g/mol. The van der Waals surface area contributed by atoms with Crippen LogP contribution < -0.4 is 4.90 Å². The highest BCUT2D eigenvalue weighted by molar-refractivity contribution is 7.99. The van der Waals surface area contributed by atoms with Crippen LogP contribution in [0.1, 0.15) is 33.0 Å². The highest BCUT2D eigenvalue weighted by Gasteiger charge is 2.77. The first-order valence-corrected chi connectivity index (χ1v) is 19.3. The molecule has 0 bridgehead atoms. The van der Waals surface area contributed by atoms with Crippen molar-refractivity contribution >= 4 is 40.0 Å². The first-order chi connectivity index (χ1) is 26.6. The molecule has 0 saturated carbocycles. The fraction of sp³-hybridized carbons (Fsp3) is 0.156. The van der Waals surface area contributed by atoms with Crippen LogP contribution in [0.25, 0.3) is 27.8 Å². The summed E-state index contributed by atoms with van der Waals surface area (Å²) >= 11 is 1.67. The largest absolute Gasteiger partial charge is 0.360 e. The molecule has 54 heavy (non-hydrogen) atoms. The second-order valence-electron chi connectivity index (χ2n) is 14.2. The number of rotatable bonds is 7. The zero-order valence-electron chi connectivity index (χ0n) is 29.2. The van der Waals surface area contributed by atoms with Crippen LogP contribution in [-0.2, 0) is 16.9 Å². The Morgan fingerprint density at radius 2 is 1.56 bits per heavy atom. The van der Waals surface area contributed by atoms with Gasteiger partial charge in [-0.25, -0.2) is 4.68 Å². The van der Waals surface area contributed by atoms with E-state index in [0.29, 0.717) is 35.0 Å². The smallest absolute Gasteiger partial charge is 0.253 e. The fourth-order valence-corrected chi connectivity index (χ4v) is 10.7. The number of carbonyl (C=O) groups excluding carboxylic acids is 2. The molecule has 5 aromatic carbocycles. The lowest BCUT2D eigenvalue weighted by Gasteiger charge is -2.39. The monoisotopic (exact) mass is 722 g/mol. The molecule has 3 aliphatic heterocycles. The molecule has 2 saturated heterocycles. The summed E-state index contributed by atoms with van der Waals surface area (Å²) in [6.45, 7) is 0.349. The van der Waals surface area contributed by atoms with E-state index in [1.54, 1.807) is 18.0 Å². The number of benzene rings is 5. The van der Waals surface area contributed by atoms with E-state index in [9.17, 15) is 5.26 Å². The van der Waals surface area contributed by atoms with Gasteiger partial charge in [-0.05, 0) is 29.8 Å². The number of carbonyl (C=O) groups is 2. The minimum atomic E-state index is -1.69. The Bertz CT molecular complexity index is 2620. The van der Waals surface area contributed by atoms with Crippen molar-refractivity contribution in [1.82, 2.24) is 19.7 Å². The van der Waals surface area contributed by atoms with Crippen LogP contribution in [0.4, 0.5) is 5.69 Å². The number of para-hydroxylation sites is 3. The standard InChI is InChI=1S/C45H34N6O2S/c46-28-44(42(52)34-24-47-37-22-12-10-20-33(34)37)39-27-54-29-50(39)45(36-21-11-13-23-38(36)49(43(45)53)25-30-14-4-1-5-15-30)41(44)35-26-51(32-18-8-3-9-19-32)48-40(35)31-16-6-2-7-17-31/h1-24,26,39,41,47H,25,27,29H2/t39?,41-,44+,45+/m1/s1. The number of amides is 1. The van der Waals surface area contributed by atoms with Crippen molar-refractivity contribution in [3.8, 4) is 23.0 Å². The van der Waals surface area contributed by atoms with E-state index in [-0.39, 0.29) is 11.7 Å². The van der Waals surface area contributed by atoms with Crippen molar-refractivity contribution in [2.24, 2.45) is 5.41 Å². The molecule has 3 aliphatic rings. The number of fused-ring (bicyclic) bond motifs is 5. The Labute approximate surface area is 316 Å². The Hall–Kier alpha value is -6.21. The quantitative estimate of drug-likeness (QED) is 0.166. The predicted molar refractivity (Wildman–Crippen MR) is 211 cm³/mol. The third kappa shape index (κ3) is 4.44. The molecule has 1 spiro atoms. The summed E-state index contributed by atoms with van der Waals surface area (Å²) in [4.78, 5) is 39.2. The molecule has 262 valence electrons. The van der Waals surface area contributed by atoms with Crippen molar-refractivity contribution in [3.63, 3.8) is 0 Å². The number of aromatic nitrogens is 3. The molecule has 1 N–H and O–H groups in total. The molecule has 4 atom stereocenters. The van der Waals surface area contributed by atoms with Gasteiger partial charge in [-0.1, -0.05) is 115 Å². The second-order valence-corrected chi connectivity index (χ2v) is 15.2. The molecule has 1 unspecified atom stereocenters. The van der Waals surface area contributed by atoms with Crippen LogP contribution in [0.5, 0.6) is 0 Å². The first-order valence-electron chi connectivity index (χ1n) is 18.1. The van der Waals surface area contributed by atoms with E-state index in [2.05, 4.69) is 16.0 Å². The van der Waals surface area contributed by atoms with Gasteiger partial charge in [0, 0.05) is 74.8 Å². The molecule has 8 nitrogen and oxygen atoms in total. The number of hydrogen-bond donors (Lipinski definition) is 1. The van der Waals surface area contributed by atoms with Crippen molar-refractivity contribution in [2.45, 2.75) is 24.0 Å². The van der Waals surface area contributed by atoms with E-state index < -0.39 is 22.9 Å². The Balaban J connectivity index is 1.30. The molecular formula is C45H34N6O2S. The lowest BCUT2D eigenvalue weighted by molar-refractivity contribution is -0.129. The molecule has 7 aromatic rings. The van der Waals surface area contributed by atoms with Gasteiger partial charge in [-0.3, -0.25) is 14.5 Å². The number of nitrogens with zero attached hydrogens (tertiary/aromatic N) is 5. The van der Waals surface area contributed by atoms with E-state index in [0.717, 1.165) is 39.0 Å². The summed E-state index contributed by atoms with van der Waals surface area (Å²) < 4.78 is 1.83. The highest BCUT2D eigenvalue weighted by Crippen LogP contribution is 2.68. The van der Waals surface area contributed by atoms with E-state index in [4.69, 9.17) is 5.10 Å². The second kappa shape index (κ2) is 12.4. The van der Waals surface area contributed by atoms with Crippen molar-refractivity contribution in [1.29, 1.82) is 5.26 Å². The van der Waals surface area contributed by atoms with E-state index in [1.165, 1.54) is 0 Å². The minimum Gasteiger partial charge on any atom is -0.360 e. The maximum atomic E-state index is 16.0. The molecule has 10 rings (SSSR count). The summed E-state index contributed by atoms with van der Waals surface area (Å²) in [5, 5.41) is 17.9. The minimum absolute atomic E-state index is 0.139. The summed E-state index contributed by atoms with van der Waals surface area (Å²) in [6.07, 6.45) is 3.70. The fourth-order valence-electron chi connectivity index (χ4n) is 9.35. The normalized spacial score (nSPS) is 23.2. The van der Waals surface area contributed by atoms with Crippen molar-refractivity contribution in [2.75, 3.05) is 16.5 Å². The number of nitriles is 1. The molecule has 0 aliphatic carbocycles. The van der Waals surface area contributed by atoms with Gasteiger partial charge in [-0.15, -0.1) is 11.8 Å². The third-order valence-electron chi connectivity index (χ3n) is 11.6. The van der Waals surface area contributed by atoms with Gasteiger partial charge in [0.15, 0.2) is 5.78 Å². The molecule has 9 heteroatoms. The molecule has 2 aromatic heterocycles. The van der Waals surface area contributed by atoms with Gasteiger partial charge in [0.05, 0.1) is 24.0 Å². The van der Waals surface area contributed by atoms with Crippen LogP contribution in [-0.4, -0.2) is 49.0 Å². The number of hydrogen-bond acceptors (Lipinski definition) is 6. The van der Waals surface area contributed by atoms with Gasteiger partial charge < -0.3 is 9.88 Å². The number of H-pyrrole nitrogens is 1. The number of ketones is 1. The first kappa shape index (κ1) is 32.4. The van der Waals surface area contributed by atoms with E-state index in [1.807, 2.05) is 155 Å². The summed E-state index contributed by atoms with van der Waals surface area (Å²) in [5.41, 5.74) is 3.75. The Kier molecular flexibility index (Phi) is 7.48. The van der Waals surface area contributed by atoms with Gasteiger partial charge in [0.1, 0.15) is 11.0 Å². The molecule has 2 fully saturated rings. The topological polar surface area (TPSA) is 98.0 Å². The zero-order valence-corrected chi connectivity index (χ0v) is 30.0. The third-order valence-corrected chi connectivity index (χ3v) is 12.6. The van der Waals surface area contributed by atoms with Crippen LogP contribution >= 0.6 is 11.8 Å². The SMILES string of the molecule is N#C[C@]1(C(=O)c2c[nH]c3ccccc23)C2CSCN2[C@]2(C(=O)N(Cc3ccccc3)c3ccccc32)[C@@H]1c1cn(-c2ccccc2)nc1-c1ccccc1. The molecule has 5 heterocycles. The molecule has 1 amide bonds. The highest BCUT2D eigenvalue weighted by atomic mass is 32.2. The average Bonchev–Trinajstić information content (AvgIpc) is 4.06. The Morgan fingerprint density at radius 3 is 2.33 bits per heavy atom. The number of anilines is 1. The zero-order chi connectivity index (χ0) is 36.4. The number of nitrogens with one attached hydrogen (secondary N) is 1. The van der Waals surface area contributed by atoms with Gasteiger partial charge in [0.2, 0.25) is 0 Å². The number of thioether (sulfide) groups is 1. The summed E-state index contributed by atoms with van der Waals surface area (Å²) in [6, 6.07) is 47.5. The van der Waals surface area contributed by atoms with Gasteiger partial charge in [-0.2, -0.15) is 10.4 Å². The van der Waals surface area contributed by atoms with Gasteiger partial charge in [0.25, 0.3) is 5.91 Å². The van der Waals surface area contributed by atoms with E-state index >= 15 is 9.59 Å². The number of Topliss-reactive ketones (excluding diaryl/α,β-unsaturated/α-hetero) is 1. The lowest BCUT2D eigenvalue weighted by Crippen LogP contribution is -2.52. The maximum absolute atomic E-state index is 16.0. The van der Waals surface area contributed by atoms with Crippen molar-refractivity contribution in [3.05, 3.63) is 174 Å². The number of aromatic amines is 1. The van der Waals surface area contributed by atoms with Crippen LogP contribution in [0.15, 0.2) is 152 Å². The summed E-state index contributed by atoms with van der Waals surface area (Å²) in [5.74, 6) is -0.371.